The number of nitrogens with zero attached hydrogens (tertiary/aromatic N) is 2. The van der Waals surface area contributed by atoms with Crippen molar-refractivity contribution in [3.8, 4) is 5.75 Å². The molecule has 0 saturated heterocycles. The van der Waals surface area contributed by atoms with Crippen molar-refractivity contribution >= 4 is 21.4 Å². The minimum Gasteiger partial charge on any atom is -0.497 e. The van der Waals surface area contributed by atoms with Crippen LogP contribution in [0.3, 0.4) is 0 Å². The van der Waals surface area contributed by atoms with Crippen LogP contribution in [0.5, 0.6) is 5.75 Å². The number of carbonyl (C=O) groups excluding carboxylic acids is 1. The lowest BCUT2D eigenvalue weighted by atomic mass is 10.1. The molecule has 1 heterocycles. The van der Waals surface area contributed by atoms with E-state index < -0.39 is 0 Å². The summed E-state index contributed by atoms with van der Waals surface area (Å²) in [6.07, 6.45) is 7.26. The zero-order valence-electron chi connectivity index (χ0n) is 12.3. The Hall–Kier alpha value is -2.39. The van der Waals surface area contributed by atoms with Crippen LogP contribution >= 0.6 is 9.39 Å². The number of ether oxygens (including phenoxy) is 1. The first-order chi connectivity index (χ1) is 10.6. The minimum atomic E-state index is -0.211. The average Bonchev–Trinajstić information content (AvgIpc) is 2.93. The third-order valence-electron chi connectivity index (χ3n) is 2.99. The van der Waals surface area contributed by atoms with Crippen LogP contribution in [0, 0.1) is 0 Å². The predicted molar refractivity (Wildman–Crippen MR) is 90.3 cm³/mol. The maximum absolute atomic E-state index is 11.9. The molecule has 0 saturated carbocycles. The van der Waals surface area contributed by atoms with Crippen molar-refractivity contribution in [1.82, 2.24) is 14.6 Å². The highest BCUT2D eigenvalue weighted by atomic mass is 31.0. The van der Waals surface area contributed by atoms with Gasteiger partial charge in [0.15, 0.2) is 0 Å². The second kappa shape index (κ2) is 7.57. The summed E-state index contributed by atoms with van der Waals surface area (Å²) < 4.78 is 6.85. The van der Waals surface area contributed by atoms with Gasteiger partial charge in [-0.2, -0.15) is 0 Å². The van der Waals surface area contributed by atoms with Gasteiger partial charge in [0.1, 0.15) is 5.75 Å². The van der Waals surface area contributed by atoms with Gasteiger partial charge in [-0.05, 0) is 33.2 Å². The topological polar surface area (TPSA) is 56.1 Å². The van der Waals surface area contributed by atoms with E-state index in [4.69, 9.17) is 4.74 Å². The lowest BCUT2D eigenvalue weighted by Gasteiger charge is -2.06. The number of imidazole rings is 1. The fourth-order valence-corrected chi connectivity index (χ4v) is 2.03. The Morgan fingerprint density at radius 2 is 2.18 bits per heavy atom. The Bertz CT molecular complexity index is 690. The van der Waals surface area contributed by atoms with E-state index in [1.807, 2.05) is 30.5 Å². The fraction of sp³-hybridized carbons (Fsp3) is 0.125. The second-order valence-corrected chi connectivity index (χ2v) is 5.28. The molecule has 1 N–H and O–H groups in total. The van der Waals surface area contributed by atoms with Gasteiger partial charge in [0.2, 0.25) is 0 Å². The van der Waals surface area contributed by atoms with Gasteiger partial charge in [-0.15, -0.1) is 0 Å². The average molecular weight is 315 g/mol. The van der Waals surface area contributed by atoms with E-state index >= 15 is 0 Å². The molecule has 1 unspecified atom stereocenters. The molecule has 0 aliphatic heterocycles. The van der Waals surface area contributed by atoms with Crippen LogP contribution in [0.1, 0.15) is 11.3 Å². The quantitative estimate of drug-likeness (QED) is 0.658. The van der Waals surface area contributed by atoms with E-state index in [0.29, 0.717) is 12.0 Å². The van der Waals surface area contributed by atoms with Gasteiger partial charge < -0.3 is 14.4 Å². The van der Waals surface area contributed by atoms with E-state index in [0.717, 1.165) is 17.0 Å². The van der Waals surface area contributed by atoms with Gasteiger partial charge in [-0.3, -0.25) is 4.79 Å². The highest BCUT2D eigenvalue weighted by Gasteiger charge is 2.06. The SMILES string of the molecule is C=C(Cc1ccc(OC)cc1)C(=O)N/C=C\c1cn(P)cn1. The highest BCUT2D eigenvalue weighted by molar-refractivity contribution is 7.14. The molecule has 5 nitrogen and oxygen atoms in total. The van der Waals surface area contributed by atoms with Crippen molar-refractivity contribution in [1.29, 1.82) is 0 Å². The molecule has 0 radical (unpaired) electrons. The molecule has 2 rings (SSSR count). The first-order valence-corrected chi connectivity index (χ1v) is 7.17. The van der Waals surface area contributed by atoms with Crippen molar-refractivity contribution in [3.05, 3.63) is 66.4 Å². The predicted octanol–water partition coefficient (Wildman–Crippen LogP) is 2.42. The van der Waals surface area contributed by atoms with Crippen molar-refractivity contribution in [2.45, 2.75) is 6.42 Å². The van der Waals surface area contributed by atoms with Crippen LogP contribution in [0.2, 0.25) is 0 Å². The summed E-state index contributed by atoms with van der Waals surface area (Å²) >= 11 is 0. The van der Waals surface area contributed by atoms with E-state index in [9.17, 15) is 4.79 Å². The van der Waals surface area contributed by atoms with Gasteiger partial charge in [0, 0.05) is 24.4 Å². The van der Waals surface area contributed by atoms with Crippen LogP contribution in [0.4, 0.5) is 0 Å². The number of benzene rings is 1. The Labute approximate surface area is 132 Å². The molecule has 114 valence electrons. The Balaban J connectivity index is 1.86. The summed E-state index contributed by atoms with van der Waals surface area (Å²) in [5, 5.41) is 2.68. The van der Waals surface area contributed by atoms with Gasteiger partial charge in [0.05, 0.1) is 19.1 Å². The number of methoxy groups -OCH3 is 1. The number of nitrogens with one attached hydrogen (secondary N) is 1. The van der Waals surface area contributed by atoms with Gasteiger partial charge >= 0.3 is 0 Å². The Kier molecular flexibility index (Phi) is 5.50. The smallest absolute Gasteiger partial charge is 0.250 e. The number of hydrogen-bond acceptors (Lipinski definition) is 3. The van der Waals surface area contributed by atoms with Crippen LogP contribution in [0.15, 0.2) is 55.1 Å². The maximum atomic E-state index is 11.9. The second-order valence-electron chi connectivity index (χ2n) is 4.68. The highest BCUT2D eigenvalue weighted by Crippen LogP contribution is 2.14. The molecule has 1 aromatic heterocycles. The number of hydrogen-bond donors (Lipinski definition) is 1. The summed E-state index contributed by atoms with van der Waals surface area (Å²) in [6, 6.07) is 7.55. The van der Waals surface area contributed by atoms with E-state index in [1.54, 1.807) is 30.1 Å². The third kappa shape index (κ3) is 4.57. The summed E-state index contributed by atoms with van der Waals surface area (Å²) in [6.45, 7) is 3.82. The molecule has 0 spiro atoms. The molecule has 0 bridgehead atoms. The van der Waals surface area contributed by atoms with E-state index in [1.165, 1.54) is 0 Å². The first kappa shape index (κ1) is 16.0. The maximum Gasteiger partial charge on any atom is 0.250 e. The summed E-state index contributed by atoms with van der Waals surface area (Å²) in [5.41, 5.74) is 2.26. The van der Waals surface area contributed by atoms with Crippen molar-refractivity contribution < 1.29 is 9.53 Å². The summed E-state index contributed by atoms with van der Waals surface area (Å²) in [4.78, 5) is 16.1. The number of amides is 1. The van der Waals surface area contributed by atoms with E-state index in [2.05, 4.69) is 26.3 Å². The van der Waals surface area contributed by atoms with Gasteiger partial charge in [-0.1, -0.05) is 18.7 Å². The van der Waals surface area contributed by atoms with Gasteiger partial charge in [-0.25, -0.2) is 4.98 Å². The number of carbonyl (C=O) groups is 1. The van der Waals surface area contributed by atoms with Crippen molar-refractivity contribution in [2.24, 2.45) is 0 Å². The normalized spacial score (nSPS) is 10.6. The molecule has 0 fully saturated rings. The largest absolute Gasteiger partial charge is 0.497 e. The molecular formula is C16H18N3O2P. The zero-order chi connectivity index (χ0) is 15.9. The lowest BCUT2D eigenvalue weighted by molar-refractivity contribution is -0.116. The monoisotopic (exact) mass is 315 g/mol. The minimum absolute atomic E-state index is 0.211. The molecule has 1 amide bonds. The number of aromatic nitrogens is 2. The molecule has 1 aromatic carbocycles. The first-order valence-electron chi connectivity index (χ1n) is 6.65. The molecule has 0 aliphatic rings. The van der Waals surface area contributed by atoms with E-state index in [-0.39, 0.29) is 5.91 Å². The van der Waals surface area contributed by atoms with Crippen LogP contribution < -0.4 is 10.1 Å². The van der Waals surface area contributed by atoms with Crippen LogP contribution in [-0.4, -0.2) is 22.3 Å². The summed E-state index contributed by atoms with van der Waals surface area (Å²) in [5.74, 6) is 0.577. The fourth-order valence-electron chi connectivity index (χ4n) is 1.81. The zero-order valence-corrected chi connectivity index (χ0v) is 13.5. The molecule has 6 heteroatoms. The lowest BCUT2D eigenvalue weighted by Crippen LogP contribution is -2.19. The Morgan fingerprint density at radius 3 is 2.77 bits per heavy atom. The van der Waals surface area contributed by atoms with Crippen molar-refractivity contribution in [3.63, 3.8) is 0 Å². The summed E-state index contributed by atoms with van der Waals surface area (Å²) in [7, 11) is 4.11. The molecule has 22 heavy (non-hydrogen) atoms. The molecule has 1 atom stereocenters. The van der Waals surface area contributed by atoms with Crippen molar-refractivity contribution in [2.75, 3.05) is 7.11 Å². The van der Waals surface area contributed by atoms with Crippen LogP contribution in [0.25, 0.3) is 6.08 Å². The standard InChI is InChI=1S/C16H18N3O2P/c1-12(9-13-3-5-15(21-2)6-4-13)16(20)17-8-7-14-10-19(22)11-18-14/h3-8,10-11H,1,9,22H2,2H3,(H,17,20)/b8-7-. The third-order valence-corrected chi connectivity index (χ3v) is 3.27. The Morgan fingerprint density at radius 1 is 1.45 bits per heavy atom. The van der Waals surface area contributed by atoms with Crippen LogP contribution in [-0.2, 0) is 11.2 Å². The molecule has 0 aliphatic carbocycles. The molecule has 2 aromatic rings. The van der Waals surface area contributed by atoms with Gasteiger partial charge in [0.25, 0.3) is 5.91 Å². The number of rotatable bonds is 6. The molecular weight excluding hydrogens is 297 g/mol.